The molecule has 1 aliphatic rings. The van der Waals surface area contributed by atoms with Crippen LogP contribution in [-0.4, -0.2) is 46.4 Å². The number of ether oxygens (including phenoxy) is 2. The van der Waals surface area contributed by atoms with Gasteiger partial charge in [0.05, 0.1) is 24.5 Å². The summed E-state index contributed by atoms with van der Waals surface area (Å²) in [6.07, 6.45) is 1.48. The number of amides is 2. The van der Waals surface area contributed by atoms with Crippen molar-refractivity contribution < 1.29 is 23.5 Å². The van der Waals surface area contributed by atoms with Crippen LogP contribution in [0.5, 0.6) is 5.75 Å². The van der Waals surface area contributed by atoms with E-state index >= 15 is 0 Å². The highest BCUT2D eigenvalue weighted by Crippen LogP contribution is 2.33. The number of aromatic nitrogens is 3. The van der Waals surface area contributed by atoms with Crippen molar-refractivity contribution in [1.29, 1.82) is 0 Å². The fourth-order valence-electron chi connectivity index (χ4n) is 4.61. The molecule has 11 heteroatoms. The Bertz CT molecular complexity index is 1750. The van der Waals surface area contributed by atoms with Gasteiger partial charge in [0.25, 0.3) is 5.91 Å². The second kappa shape index (κ2) is 11.6. The SMILES string of the molecule is CCOc1cc(N2CCOC2=O)ccc1Nc1nc2ccc(-c3ccc(C(=O)NCc4ccc(F)cc4)cc3)cn2n1. The molecule has 1 saturated heterocycles. The van der Waals surface area contributed by atoms with E-state index in [2.05, 4.69) is 20.7 Å². The molecule has 2 amide bonds. The molecule has 212 valence electrons. The maximum absolute atomic E-state index is 13.1. The zero-order valence-corrected chi connectivity index (χ0v) is 22.7. The first-order valence-corrected chi connectivity index (χ1v) is 13.4. The van der Waals surface area contributed by atoms with Crippen LogP contribution in [0.4, 0.5) is 26.5 Å². The molecule has 6 rings (SSSR count). The molecular formula is C31H27FN6O4. The summed E-state index contributed by atoms with van der Waals surface area (Å²) in [6, 6.07) is 22.5. The van der Waals surface area contributed by atoms with Gasteiger partial charge in [0.15, 0.2) is 5.65 Å². The lowest BCUT2D eigenvalue weighted by Gasteiger charge is -2.16. The van der Waals surface area contributed by atoms with Gasteiger partial charge in [-0.3, -0.25) is 9.69 Å². The van der Waals surface area contributed by atoms with Crippen LogP contribution in [0.3, 0.4) is 0 Å². The van der Waals surface area contributed by atoms with Gasteiger partial charge in [0, 0.05) is 29.9 Å². The van der Waals surface area contributed by atoms with Crippen LogP contribution in [0.1, 0.15) is 22.8 Å². The maximum Gasteiger partial charge on any atom is 0.414 e. The molecule has 0 radical (unpaired) electrons. The molecule has 0 atom stereocenters. The maximum atomic E-state index is 13.1. The fraction of sp³-hybridized carbons (Fsp3) is 0.161. The number of pyridine rings is 1. The van der Waals surface area contributed by atoms with Crippen LogP contribution in [0.2, 0.25) is 0 Å². The lowest BCUT2D eigenvalue weighted by molar-refractivity contribution is 0.0951. The molecule has 2 aromatic heterocycles. The van der Waals surface area contributed by atoms with Crippen LogP contribution in [0.25, 0.3) is 16.8 Å². The third-order valence-corrected chi connectivity index (χ3v) is 6.76. The van der Waals surface area contributed by atoms with E-state index in [0.717, 1.165) is 16.7 Å². The highest BCUT2D eigenvalue weighted by molar-refractivity contribution is 5.94. The lowest BCUT2D eigenvalue weighted by atomic mass is 10.1. The molecule has 3 aromatic carbocycles. The lowest BCUT2D eigenvalue weighted by Crippen LogP contribution is -2.23. The number of carbonyl (C=O) groups is 2. The standard InChI is InChI=1S/C31H27FN6O4/c1-2-41-27-17-25(37-15-16-42-31(37)40)12-13-26(27)34-30-35-28-14-9-23(19-38(28)36-30)21-5-7-22(8-6-21)29(39)33-18-20-3-10-24(32)11-4-20/h3-14,17,19H,2,15-16,18H2,1H3,(H,33,39)(H,34,36). The number of anilines is 3. The van der Waals surface area contributed by atoms with Crippen LogP contribution < -0.4 is 20.3 Å². The number of fused-ring (bicyclic) bond motifs is 1. The minimum absolute atomic E-state index is 0.215. The summed E-state index contributed by atoms with van der Waals surface area (Å²) in [5.41, 5.74) is 5.14. The van der Waals surface area contributed by atoms with Crippen molar-refractivity contribution in [3.8, 4) is 16.9 Å². The quantitative estimate of drug-likeness (QED) is 0.240. The van der Waals surface area contributed by atoms with Crippen LogP contribution >= 0.6 is 0 Å². The zero-order valence-electron chi connectivity index (χ0n) is 22.7. The average molecular weight is 567 g/mol. The third-order valence-electron chi connectivity index (χ3n) is 6.76. The molecule has 42 heavy (non-hydrogen) atoms. The topological polar surface area (TPSA) is 110 Å². The Labute approximate surface area is 240 Å². The number of halogens is 1. The van der Waals surface area contributed by atoms with Crippen molar-refractivity contribution >= 4 is 35.0 Å². The summed E-state index contributed by atoms with van der Waals surface area (Å²) in [6.45, 7) is 3.48. The van der Waals surface area contributed by atoms with Gasteiger partial charge in [-0.1, -0.05) is 24.3 Å². The monoisotopic (exact) mass is 566 g/mol. The number of cyclic esters (lactones) is 1. The third kappa shape index (κ3) is 5.71. The van der Waals surface area contributed by atoms with Crippen molar-refractivity contribution in [2.75, 3.05) is 30.0 Å². The highest BCUT2D eigenvalue weighted by atomic mass is 19.1. The van der Waals surface area contributed by atoms with E-state index in [-0.39, 0.29) is 17.8 Å². The van der Waals surface area contributed by atoms with Crippen molar-refractivity contribution in [3.05, 3.63) is 102 Å². The predicted molar refractivity (Wildman–Crippen MR) is 156 cm³/mol. The number of nitrogens with zero attached hydrogens (tertiary/aromatic N) is 4. The van der Waals surface area contributed by atoms with Gasteiger partial charge in [-0.2, -0.15) is 4.98 Å². The van der Waals surface area contributed by atoms with E-state index in [1.165, 1.54) is 12.1 Å². The highest BCUT2D eigenvalue weighted by Gasteiger charge is 2.24. The molecular weight excluding hydrogens is 539 g/mol. The van der Waals surface area contributed by atoms with Crippen LogP contribution in [0, 0.1) is 5.82 Å². The van der Waals surface area contributed by atoms with Crippen molar-refractivity contribution in [1.82, 2.24) is 19.9 Å². The molecule has 0 spiro atoms. The fourth-order valence-corrected chi connectivity index (χ4v) is 4.61. The Morgan fingerprint density at radius 1 is 1.02 bits per heavy atom. The van der Waals surface area contributed by atoms with Gasteiger partial charge in [0.2, 0.25) is 5.95 Å². The second-order valence-corrected chi connectivity index (χ2v) is 9.55. The first kappa shape index (κ1) is 26.8. The molecule has 1 aliphatic heterocycles. The van der Waals surface area contributed by atoms with Crippen molar-refractivity contribution in [2.45, 2.75) is 13.5 Å². The number of benzene rings is 3. The van der Waals surface area contributed by atoms with Gasteiger partial charge < -0.3 is 20.1 Å². The largest absolute Gasteiger partial charge is 0.492 e. The van der Waals surface area contributed by atoms with Gasteiger partial charge in [-0.05, 0) is 66.6 Å². The molecule has 0 unspecified atom stereocenters. The second-order valence-electron chi connectivity index (χ2n) is 9.55. The minimum atomic E-state index is -0.379. The minimum Gasteiger partial charge on any atom is -0.492 e. The Hall–Kier alpha value is -5.45. The van der Waals surface area contributed by atoms with E-state index in [1.807, 2.05) is 49.5 Å². The van der Waals surface area contributed by atoms with Gasteiger partial charge in [-0.25, -0.2) is 13.7 Å². The molecule has 0 bridgehead atoms. The summed E-state index contributed by atoms with van der Waals surface area (Å²) in [7, 11) is 0. The zero-order chi connectivity index (χ0) is 29.1. The number of hydrogen-bond acceptors (Lipinski definition) is 7. The van der Waals surface area contributed by atoms with Crippen molar-refractivity contribution in [2.24, 2.45) is 0 Å². The Morgan fingerprint density at radius 3 is 2.55 bits per heavy atom. The first-order chi connectivity index (χ1) is 20.5. The molecule has 3 heterocycles. The Morgan fingerprint density at radius 2 is 1.81 bits per heavy atom. The number of rotatable bonds is 9. The smallest absolute Gasteiger partial charge is 0.414 e. The van der Waals surface area contributed by atoms with Crippen LogP contribution in [0.15, 0.2) is 85.1 Å². The summed E-state index contributed by atoms with van der Waals surface area (Å²) in [5.74, 6) is 0.421. The van der Waals surface area contributed by atoms with E-state index < -0.39 is 0 Å². The van der Waals surface area contributed by atoms with Gasteiger partial charge in [-0.15, -0.1) is 5.10 Å². The van der Waals surface area contributed by atoms with E-state index in [4.69, 9.17) is 9.47 Å². The van der Waals surface area contributed by atoms with Crippen molar-refractivity contribution in [3.63, 3.8) is 0 Å². The molecule has 0 saturated carbocycles. The van der Waals surface area contributed by atoms with E-state index in [1.54, 1.807) is 39.7 Å². The number of carbonyl (C=O) groups excluding carboxylic acids is 2. The first-order valence-electron chi connectivity index (χ1n) is 13.4. The molecule has 2 N–H and O–H groups in total. The molecule has 0 aliphatic carbocycles. The predicted octanol–water partition coefficient (Wildman–Crippen LogP) is 5.56. The van der Waals surface area contributed by atoms with E-state index in [0.29, 0.717) is 60.6 Å². The average Bonchev–Trinajstić information content (AvgIpc) is 3.62. The number of hydrogen-bond donors (Lipinski definition) is 2. The van der Waals surface area contributed by atoms with Gasteiger partial charge in [0.1, 0.15) is 18.2 Å². The van der Waals surface area contributed by atoms with E-state index in [9.17, 15) is 14.0 Å². The molecule has 10 nitrogen and oxygen atoms in total. The summed E-state index contributed by atoms with van der Waals surface area (Å²) in [4.78, 5) is 30.7. The number of nitrogens with one attached hydrogen (secondary N) is 2. The Kier molecular flexibility index (Phi) is 7.37. The summed E-state index contributed by atoms with van der Waals surface area (Å²) in [5, 5.41) is 10.6. The Balaban J connectivity index is 1.15. The molecule has 1 fully saturated rings. The van der Waals surface area contributed by atoms with Gasteiger partial charge >= 0.3 is 6.09 Å². The summed E-state index contributed by atoms with van der Waals surface area (Å²) >= 11 is 0. The normalized spacial score (nSPS) is 12.8. The molecule has 5 aromatic rings. The summed E-state index contributed by atoms with van der Waals surface area (Å²) < 4.78 is 25.6. The van der Waals surface area contributed by atoms with Crippen LogP contribution in [-0.2, 0) is 11.3 Å².